The van der Waals surface area contributed by atoms with Crippen molar-refractivity contribution < 1.29 is 98.1 Å². The third kappa shape index (κ3) is 8.66. The summed E-state index contributed by atoms with van der Waals surface area (Å²) in [5, 5.41) is 2.97. The van der Waals surface area contributed by atoms with E-state index < -0.39 is 0 Å². The van der Waals surface area contributed by atoms with Gasteiger partial charge in [0.1, 0.15) is 0 Å². The molecule has 0 spiro atoms. The number of para-hydroxylation sites is 1. The molecule has 51 valence electrons. The van der Waals surface area contributed by atoms with Crippen molar-refractivity contribution in [2.45, 2.75) is 0 Å². The SMILES string of the molecule is CNc1[c-]cccc1.[Y].[Y].[Y]. The van der Waals surface area contributed by atoms with E-state index in [-0.39, 0.29) is 98.1 Å². The summed E-state index contributed by atoms with van der Waals surface area (Å²) < 4.78 is 0. The number of hydrogen-bond donors (Lipinski definition) is 1. The molecule has 1 rings (SSSR count). The quantitative estimate of drug-likeness (QED) is 0.737. The summed E-state index contributed by atoms with van der Waals surface area (Å²) in [7, 11) is 1.88. The summed E-state index contributed by atoms with van der Waals surface area (Å²) in [6.45, 7) is 0. The van der Waals surface area contributed by atoms with Crippen LogP contribution in [-0.2, 0) is 98.1 Å². The summed E-state index contributed by atoms with van der Waals surface area (Å²) in [6, 6.07) is 10.8. The minimum atomic E-state index is 0. The van der Waals surface area contributed by atoms with Crippen LogP contribution in [0.3, 0.4) is 0 Å². The van der Waals surface area contributed by atoms with Crippen LogP contribution in [0.1, 0.15) is 0 Å². The fourth-order valence-corrected chi connectivity index (χ4v) is 0.549. The van der Waals surface area contributed by atoms with Gasteiger partial charge in [0.05, 0.1) is 0 Å². The third-order valence-electron chi connectivity index (χ3n) is 0.978. The smallest absolute Gasteiger partial charge is 0.00121 e. The Balaban J connectivity index is -0.000000213. The second-order valence-electron chi connectivity index (χ2n) is 1.53. The fraction of sp³-hybridized carbons (Fsp3) is 0.143. The molecule has 11 heavy (non-hydrogen) atoms. The first kappa shape index (κ1) is 19.0. The number of nitrogens with one attached hydrogen (secondary N) is 1. The summed E-state index contributed by atoms with van der Waals surface area (Å²) in [6.07, 6.45) is 0. The van der Waals surface area contributed by atoms with Crippen molar-refractivity contribution in [3.05, 3.63) is 30.3 Å². The molecule has 1 N–H and O–H groups in total. The zero-order chi connectivity index (χ0) is 5.82. The average Bonchev–Trinajstić information content (AvgIpc) is 1.90. The molecule has 0 aliphatic heterocycles. The summed E-state index contributed by atoms with van der Waals surface area (Å²) >= 11 is 0. The monoisotopic (exact) mass is 373 g/mol. The Labute approximate surface area is 143 Å². The molecule has 3 radical (unpaired) electrons. The molecule has 0 bridgehead atoms. The van der Waals surface area contributed by atoms with Crippen LogP contribution in [0.2, 0.25) is 0 Å². The van der Waals surface area contributed by atoms with Gasteiger partial charge in [-0.1, -0.05) is 5.69 Å². The van der Waals surface area contributed by atoms with Crippen LogP contribution in [0, 0.1) is 6.07 Å². The van der Waals surface area contributed by atoms with Gasteiger partial charge in [-0.25, -0.2) is 0 Å². The van der Waals surface area contributed by atoms with Crippen molar-refractivity contribution in [1.82, 2.24) is 0 Å². The fourth-order valence-electron chi connectivity index (χ4n) is 0.549. The van der Waals surface area contributed by atoms with Crippen LogP contribution in [0.15, 0.2) is 24.3 Å². The molecule has 0 fully saturated rings. The van der Waals surface area contributed by atoms with Gasteiger partial charge in [0.15, 0.2) is 0 Å². The standard InChI is InChI=1S/C7H8N.3Y/c1-8-7-5-3-2-4-6-7;;;/h2-5,8H,1H3;;;/q-1;;;. The minimum absolute atomic E-state index is 0. The van der Waals surface area contributed by atoms with E-state index in [2.05, 4.69) is 11.4 Å². The molecule has 4 heteroatoms. The molecular weight excluding hydrogens is 365 g/mol. The van der Waals surface area contributed by atoms with E-state index in [1.165, 1.54) is 0 Å². The number of benzene rings is 1. The van der Waals surface area contributed by atoms with Gasteiger partial charge in [-0.2, -0.15) is 24.3 Å². The molecule has 1 aromatic carbocycles. The largest absolute Gasteiger partial charge is 0.410 e. The topological polar surface area (TPSA) is 12.0 Å². The van der Waals surface area contributed by atoms with Crippen LogP contribution in [0.5, 0.6) is 0 Å². The minimum Gasteiger partial charge on any atom is -0.410 e. The van der Waals surface area contributed by atoms with Gasteiger partial charge in [-0.15, -0.1) is 6.07 Å². The molecule has 0 unspecified atom stereocenters. The first-order valence-electron chi connectivity index (χ1n) is 2.58. The van der Waals surface area contributed by atoms with E-state index in [0.29, 0.717) is 0 Å². The Morgan fingerprint density at radius 1 is 1.18 bits per heavy atom. The Kier molecular flexibility index (Phi) is 21.3. The number of hydrogen-bond acceptors (Lipinski definition) is 1. The van der Waals surface area contributed by atoms with Crippen LogP contribution in [-0.4, -0.2) is 7.05 Å². The molecule has 1 nitrogen and oxygen atoms in total. The van der Waals surface area contributed by atoms with Gasteiger partial charge < -0.3 is 5.32 Å². The van der Waals surface area contributed by atoms with E-state index >= 15 is 0 Å². The van der Waals surface area contributed by atoms with Crippen molar-refractivity contribution in [3.63, 3.8) is 0 Å². The Hall–Kier alpha value is 2.33. The van der Waals surface area contributed by atoms with E-state index in [1.807, 2.05) is 31.3 Å². The van der Waals surface area contributed by atoms with Crippen molar-refractivity contribution >= 4 is 5.69 Å². The predicted octanol–water partition coefficient (Wildman–Crippen LogP) is 1.52. The maximum absolute atomic E-state index is 3.01. The van der Waals surface area contributed by atoms with Crippen molar-refractivity contribution in [2.75, 3.05) is 12.4 Å². The summed E-state index contributed by atoms with van der Waals surface area (Å²) in [5.74, 6) is 0. The maximum Gasteiger partial charge on any atom is 0.00121 e. The van der Waals surface area contributed by atoms with Gasteiger partial charge in [0.2, 0.25) is 0 Å². The zero-order valence-corrected chi connectivity index (χ0v) is 15.1. The van der Waals surface area contributed by atoms with Crippen LogP contribution in [0.4, 0.5) is 5.69 Å². The van der Waals surface area contributed by atoms with E-state index in [1.54, 1.807) is 0 Å². The third-order valence-corrected chi connectivity index (χ3v) is 0.978. The predicted molar refractivity (Wildman–Crippen MR) is 34.8 cm³/mol. The van der Waals surface area contributed by atoms with Crippen molar-refractivity contribution in [1.29, 1.82) is 0 Å². The van der Waals surface area contributed by atoms with E-state index in [4.69, 9.17) is 0 Å². The molecule has 0 amide bonds. The molecule has 0 atom stereocenters. The van der Waals surface area contributed by atoms with Gasteiger partial charge in [0, 0.05) is 105 Å². The summed E-state index contributed by atoms with van der Waals surface area (Å²) in [4.78, 5) is 0. The molecule has 0 aliphatic rings. The normalized spacial score (nSPS) is 6.27. The van der Waals surface area contributed by atoms with Crippen LogP contribution < -0.4 is 5.32 Å². The van der Waals surface area contributed by atoms with Gasteiger partial charge >= 0.3 is 0 Å². The first-order valence-corrected chi connectivity index (χ1v) is 2.58. The molecule has 0 aromatic heterocycles. The molecular formula is C7H8NY3-. The Morgan fingerprint density at radius 2 is 1.82 bits per heavy atom. The Morgan fingerprint density at radius 3 is 2.09 bits per heavy atom. The van der Waals surface area contributed by atoms with Crippen molar-refractivity contribution in [3.8, 4) is 0 Å². The number of rotatable bonds is 1. The van der Waals surface area contributed by atoms with Gasteiger partial charge in [-0.05, 0) is 0 Å². The van der Waals surface area contributed by atoms with E-state index in [0.717, 1.165) is 5.69 Å². The second kappa shape index (κ2) is 12.3. The Bertz CT molecular complexity index is 155. The molecule has 1 aromatic rings. The molecule has 0 saturated heterocycles. The van der Waals surface area contributed by atoms with Crippen LogP contribution >= 0.6 is 0 Å². The maximum atomic E-state index is 3.01. The average molecular weight is 373 g/mol. The zero-order valence-electron chi connectivity index (χ0n) is 6.54. The second-order valence-corrected chi connectivity index (χ2v) is 1.53. The van der Waals surface area contributed by atoms with E-state index in [9.17, 15) is 0 Å². The molecule has 0 aliphatic carbocycles. The molecule has 0 heterocycles. The number of anilines is 1. The first-order chi connectivity index (χ1) is 3.93. The van der Waals surface area contributed by atoms with Gasteiger partial charge in [-0.3, -0.25) is 0 Å². The molecule has 0 saturated carbocycles. The van der Waals surface area contributed by atoms with Crippen molar-refractivity contribution in [2.24, 2.45) is 0 Å². The van der Waals surface area contributed by atoms with Crippen LogP contribution in [0.25, 0.3) is 0 Å². The van der Waals surface area contributed by atoms with Gasteiger partial charge in [0.25, 0.3) is 0 Å². The summed E-state index contributed by atoms with van der Waals surface area (Å²) in [5.41, 5.74) is 1.03.